The van der Waals surface area contributed by atoms with Crippen molar-refractivity contribution >= 4 is 16.0 Å². The zero-order chi connectivity index (χ0) is 15.9. The van der Waals surface area contributed by atoms with Crippen LogP contribution in [0, 0.1) is 0 Å². The van der Waals surface area contributed by atoms with Crippen LogP contribution in [-0.2, 0) is 14.8 Å². The highest BCUT2D eigenvalue weighted by Crippen LogP contribution is 2.13. The second-order valence-corrected chi connectivity index (χ2v) is 6.61. The van der Waals surface area contributed by atoms with Crippen LogP contribution in [0.3, 0.4) is 0 Å². The van der Waals surface area contributed by atoms with E-state index in [-0.39, 0.29) is 18.0 Å². The number of rotatable bonds is 9. The maximum absolute atomic E-state index is 12.3. The van der Waals surface area contributed by atoms with E-state index in [0.717, 1.165) is 17.3 Å². The molecule has 0 saturated heterocycles. The Hall–Kier alpha value is -1.29. The molecular formula is C12H22N4O4S. The first-order valence-corrected chi connectivity index (χ1v) is 8.05. The van der Waals surface area contributed by atoms with E-state index in [1.807, 2.05) is 6.92 Å². The third-order valence-electron chi connectivity index (χ3n) is 2.70. The Labute approximate surface area is 125 Å². The van der Waals surface area contributed by atoms with Crippen molar-refractivity contribution in [3.05, 3.63) is 12.4 Å². The van der Waals surface area contributed by atoms with Crippen LogP contribution < -0.4 is 5.32 Å². The molecule has 1 atom stereocenters. The van der Waals surface area contributed by atoms with E-state index in [0.29, 0.717) is 5.95 Å². The zero-order valence-corrected chi connectivity index (χ0v) is 13.3. The molecule has 0 amide bonds. The molecule has 1 aromatic rings. The average molecular weight is 318 g/mol. The maximum Gasteiger partial charge on any atom is 0.245 e. The number of hydrogen-bond acceptors (Lipinski definition) is 7. The lowest BCUT2D eigenvalue weighted by Crippen LogP contribution is -2.36. The smallest absolute Gasteiger partial charge is 0.245 e. The van der Waals surface area contributed by atoms with Gasteiger partial charge in [-0.1, -0.05) is 6.92 Å². The van der Waals surface area contributed by atoms with Crippen LogP contribution in [0.4, 0.5) is 5.95 Å². The first kappa shape index (κ1) is 17.8. The fourth-order valence-corrected chi connectivity index (χ4v) is 2.70. The first-order chi connectivity index (χ1) is 9.91. The van der Waals surface area contributed by atoms with Crippen LogP contribution in [-0.4, -0.2) is 67.8 Å². The van der Waals surface area contributed by atoms with E-state index < -0.39 is 16.1 Å². The summed E-state index contributed by atoms with van der Waals surface area (Å²) in [5.41, 5.74) is 0. The van der Waals surface area contributed by atoms with Crippen LogP contribution in [0.5, 0.6) is 0 Å². The summed E-state index contributed by atoms with van der Waals surface area (Å²) in [6, 6.07) is 0. The minimum Gasteiger partial charge on any atom is -0.389 e. The lowest BCUT2D eigenvalue weighted by molar-refractivity contribution is 0.0554. The molecule has 1 unspecified atom stereocenters. The third-order valence-corrected chi connectivity index (χ3v) is 4.47. The number of aliphatic hydroxyl groups is 1. The van der Waals surface area contributed by atoms with Crippen molar-refractivity contribution in [1.82, 2.24) is 14.3 Å². The molecule has 8 nitrogen and oxygen atoms in total. The number of likely N-dealkylation sites (N-methyl/N-ethyl adjacent to an activating group) is 1. The average Bonchev–Trinajstić information content (AvgIpc) is 2.45. The van der Waals surface area contributed by atoms with Crippen LogP contribution >= 0.6 is 0 Å². The highest BCUT2D eigenvalue weighted by atomic mass is 32.2. The number of nitrogens with one attached hydrogen (secondary N) is 1. The number of methoxy groups -OCH3 is 1. The van der Waals surface area contributed by atoms with E-state index in [9.17, 15) is 13.5 Å². The van der Waals surface area contributed by atoms with Gasteiger partial charge < -0.3 is 15.2 Å². The molecule has 0 radical (unpaired) electrons. The molecule has 1 aromatic heterocycles. The first-order valence-electron chi connectivity index (χ1n) is 6.61. The van der Waals surface area contributed by atoms with Crippen molar-refractivity contribution in [3.8, 4) is 0 Å². The molecule has 0 aromatic carbocycles. The number of aliphatic hydroxyl groups excluding tert-OH is 1. The highest BCUT2D eigenvalue weighted by molar-refractivity contribution is 7.89. The number of aromatic nitrogens is 2. The molecule has 1 heterocycles. The molecule has 0 aliphatic rings. The highest BCUT2D eigenvalue weighted by Gasteiger charge is 2.23. The zero-order valence-electron chi connectivity index (χ0n) is 12.5. The van der Waals surface area contributed by atoms with Gasteiger partial charge in [0.2, 0.25) is 16.0 Å². The Morgan fingerprint density at radius 2 is 2.05 bits per heavy atom. The summed E-state index contributed by atoms with van der Waals surface area (Å²) in [5, 5.41) is 12.6. The maximum atomic E-state index is 12.3. The fraction of sp³-hybridized carbons (Fsp3) is 0.667. The predicted molar refractivity (Wildman–Crippen MR) is 78.5 cm³/mol. The summed E-state index contributed by atoms with van der Waals surface area (Å²) in [6.07, 6.45) is 2.53. The van der Waals surface area contributed by atoms with Crippen LogP contribution in [0.2, 0.25) is 0 Å². The van der Waals surface area contributed by atoms with Gasteiger partial charge in [-0.25, -0.2) is 18.4 Å². The lowest BCUT2D eigenvalue weighted by atomic mass is 10.4. The van der Waals surface area contributed by atoms with E-state index >= 15 is 0 Å². The van der Waals surface area contributed by atoms with Gasteiger partial charge in [0, 0.05) is 27.2 Å². The Morgan fingerprint density at radius 1 is 1.43 bits per heavy atom. The number of nitrogens with zero attached hydrogens (tertiary/aromatic N) is 3. The van der Waals surface area contributed by atoms with Gasteiger partial charge in [0.05, 0.1) is 25.1 Å². The van der Waals surface area contributed by atoms with Crippen LogP contribution in [0.1, 0.15) is 13.3 Å². The summed E-state index contributed by atoms with van der Waals surface area (Å²) < 4.78 is 30.4. The summed E-state index contributed by atoms with van der Waals surface area (Å²) in [5.74, 6) is 0.387. The summed E-state index contributed by atoms with van der Waals surface area (Å²) in [4.78, 5) is 7.91. The Balaban J connectivity index is 2.77. The van der Waals surface area contributed by atoms with Crippen molar-refractivity contribution in [1.29, 1.82) is 0 Å². The van der Waals surface area contributed by atoms with Crippen molar-refractivity contribution in [2.75, 3.05) is 39.2 Å². The molecule has 9 heteroatoms. The van der Waals surface area contributed by atoms with Crippen LogP contribution in [0.25, 0.3) is 0 Å². The molecule has 0 bridgehead atoms. The Bertz CT molecular complexity index is 521. The molecule has 0 saturated carbocycles. The second kappa shape index (κ2) is 8.23. The minimum atomic E-state index is -3.72. The molecule has 0 aliphatic carbocycles. The van der Waals surface area contributed by atoms with Gasteiger partial charge in [-0.3, -0.25) is 0 Å². The summed E-state index contributed by atoms with van der Waals surface area (Å²) >= 11 is 0. The van der Waals surface area contributed by atoms with Crippen molar-refractivity contribution in [2.24, 2.45) is 0 Å². The molecular weight excluding hydrogens is 296 g/mol. The number of ether oxygens (including phenoxy) is 1. The van der Waals surface area contributed by atoms with Crippen LogP contribution in [0.15, 0.2) is 17.3 Å². The monoisotopic (exact) mass is 318 g/mol. The van der Waals surface area contributed by atoms with Gasteiger partial charge in [0.1, 0.15) is 4.90 Å². The molecule has 21 heavy (non-hydrogen) atoms. The SMILES string of the molecule is CCCNc1ncc(S(=O)(=O)N(C)CC(O)COC)cn1. The Morgan fingerprint density at radius 3 is 2.57 bits per heavy atom. The topological polar surface area (TPSA) is 105 Å². The summed E-state index contributed by atoms with van der Waals surface area (Å²) in [6.45, 7) is 2.73. The molecule has 0 fully saturated rings. The number of hydrogen-bond donors (Lipinski definition) is 2. The van der Waals surface area contributed by atoms with Gasteiger partial charge in [-0.05, 0) is 6.42 Å². The fourth-order valence-electron chi connectivity index (χ4n) is 1.60. The standard InChI is InChI=1S/C12H22N4O4S/c1-4-5-13-12-14-6-11(7-15-12)21(18,19)16(2)8-10(17)9-20-3/h6-7,10,17H,4-5,8-9H2,1-3H3,(H,13,14,15). The van der Waals surface area contributed by atoms with E-state index in [1.165, 1.54) is 26.6 Å². The molecule has 2 N–H and O–H groups in total. The van der Waals surface area contributed by atoms with Crippen molar-refractivity contribution in [3.63, 3.8) is 0 Å². The summed E-state index contributed by atoms with van der Waals surface area (Å²) in [7, 11) is -0.900. The lowest BCUT2D eigenvalue weighted by Gasteiger charge is -2.19. The van der Waals surface area contributed by atoms with Gasteiger partial charge in [0.15, 0.2) is 0 Å². The van der Waals surface area contributed by atoms with Gasteiger partial charge >= 0.3 is 0 Å². The van der Waals surface area contributed by atoms with Gasteiger partial charge in [-0.2, -0.15) is 4.31 Å². The quantitative estimate of drug-likeness (QED) is 0.656. The minimum absolute atomic E-state index is 0.0170. The Kier molecular flexibility index (Phi) is 6.96. The number of anilines is 1. The van der Waals surface area contributed by atoms with Gasteiger partial charge in [0.25, 0.3) is 0 Å². The van der Waals surface area contributed by atoms with E-state index in [1.54, 1.807) is 0 Å². The largest absolute Gasteiger partial charge is 0.389 e. The third kappa shape index (κ3) is 5.20. The molecule has 0 aliphatic heterocycles. The normalized spacial score (nSPS) is 13.4. The molecule has 1 rings (SSSR count). The predicted octanol–water partition coefficient (Wildman–Crippen LogP) is -0.0737. The molecule has 120 valence electrons. The van der Waals surface area contributed by atoms with E-state index in [2.05, 4.69) is 15.3 Å². The second-order valence-electron chi connectivity index (χ2n) is 4.56. The van der Waals surface area contributed by atoms with Gasteiger partial charge in [-0.15, -0.1) is 0 Å². The number of sulfonamides is 1. The molecule has 0 spiro atoms. The van der Waals surface area contributed by atoms with Crippen molar-refractivity contribution in [2.45, 2.75) is 24.3 Å². The van der Waals surface area contributed by atoms with Crippen molar-refractivity contribution < 1.29 is 18.3 Å². The van der Waals surface area contributed by atoms with E-state index in [4.69, 9.17) is 4.74 Å².